The number of hydrogen-bond donors (Lipinski definition) is 2. The fourth-order valence-electron chi connectivity index (χ4n) is 3.58. The number of rotatable bonds is 6. The molecule has 2 N–H and O–H groups in total. The fraction of sp³-hybridized carbons (Fsp3) is 0.476. The number of benzene rings is 1. The van der Waals surface area contributed by atoms with Gasteiger partial charge < -0.3 is 10.2 Å². The van der Waals surface area contributed by atoms with Crippen LogP contribution in [0.25, 0.3) is 0 Å². The Morgan fingerprint density at radius 1 is 0.885 bits per heavy atom. The Labute approximate surface area is 153 Å². The molecule has 1 aliphatic carbocycles. The third kappa shape index (κ3) is 5.28. The molecule has 0 amide bonds. The molecule has 1 saturated carbocycles. The predicted octanol–water partition coefficient (Wildman–Crippen LogP) is 4.39. The highest BCUT2D eigenvalue weighted by molar-refractivity contribution is 6.07. The van der Waals surface area contributed by atoms with Crippen LogP contribution in [0.4, 0.5) is 0 Å². The van der Waals surface area contributed by atoms with Crippen molar-refractivity contribution in [1.29, 1.82) is 0 Å². The van der Waals surface area contributed by atoms with Crippen molar-refractivity contribution in [1.82, 2.24) is 0 Å². The van der Waals surface area contributed by atoms with Crippen molar-refractivity contribution in [3.8, 4) is 0 Å². The molecule has 0 bridgehead atoms. The van der Waals surface area contributed by atoms with Gasteiger partial charge in [-0.05, 0) is 25.7 Å². The third-order valence-electron chi connectivity index (χ3n) is 5.04. The first-order valence-corrected chi connectivity index (χ1v) is 9.19. The first kappa shape index (κ1) is 19.9. The van der Waals surface area contributed by atoms with Crippen LogP contribution in [0, 0.1) is 12.8 Å². The number of carboxylic acids is 2. The number of aryl methyl sites for hydroxylation is 1. The topological polar surface area (TPSA) is 91.7 Å². The van der Waals surface area contributed by atoms with Crippen LogP contribution in [-0.2, 0) is 9.59 Å². The van der Waals surface area contributed by atoms with E-state index in [-0.39, 0.29) is 22.8 Å². The van der Waals surface area contributed by atoms with Gasteiger partial charge >= 0.3 is 11.9 Å². The minimum absolute atomic E-state index is 0.0835. The Bertz CT molecular complexity index is 692. The van der Waals surface area contributed by atoms with Gasteiger partial charge in [0.25, 0.3) is 0 Å². The van der Waals surface area contributed by atoms with Crippen LogP contribution >= 0.6 is 0 Å². The Morgan fingerprint density at radius 3 is 1.92 bits per heavy atom. The zero-order valence-electron chi connectivity index (χ0n) is 15.2. The Morgan fingerprint density at radius 2 is 1.42 bits per heavy atom. The lowest BCUT2D eigenvalue weighted by Gasteiger charge is -2.22. The van der Waals surface area contributed by atoms with Crippen molar-refractivity contribution in [3.05, 3.63) is 46.5 Å². The maximum absolute atomic E-state index is 12.5. The Balaban J connectivity index is 2.34. The van der Waals surface area contributed by atoms with E-state index in [1.54, 1.807) is 24.3 Å². The summed E-state index contributed by atoms with van der Waals surface area (Å²) in [6.07, 6.45) is 5.92. The maximum atomic E-state index is 12.5. The molecule has 0 aliphatic heterocycles. The molecule has 2 rings (SSSR count). The summed E-state index contributed by atoms with van der Waals surface area (Å²) < 4.78 is 0. The number of ketones is 1. The van der Waals surface area contributed by atoms with Crippen LogP contribution < -0.4 is 0 Å². The lowest BCUT2D eigenvalue weighted by molar-refractivity contribution is -0.136. The van der Waals surface area contributed by atoms with Gasteiger partial charge in [0.2, 0.25) is 0 Å². The quantitative estimate of drug-likeness (QED) is 0.581. The summed E-state index contributed by atoms with van der Waals surface area (Å²) in [4.78, 5) is 36.2. The number of carbonyl (C=O) groups excluding carboxylic acids is 1. The molecule has 5 heteroatoms. The molecular formula is C21H26O5. The first-order chi connectivity index (χ1) is 12.4. The van der Waals surface area contributed by atoms with Crippen molar-refractivity contribution >= 4 is 17.7 Å². The van der Waals surface area contributed by atoms with Crippen molar-refractivity contribution in [3.63, 3.8) is 0 Å². The Kier molecular flexibility index (Phi) is 7.13. The number of hydrogen-bond acceptors (Lipinski definition) is 3. The van der Waals surface area contributed by atoms with Gasteiger partial charge in [0.1, 0.15) is 0 Å². The minimum atomic E-state index is -1.31. The van der Waals surface area contributed by atoms with Gasteiger partial charge in [-0.2, -0.15) is 0 Å². The lowest BCUT2D eigenvalue weighted by atomic mass is 9.82. The van der Waals surface area contributed by atoms with E-state index in [4.69, 9.17) is 0 Å². The molecule has 1 fully saturated rings. The number of Topliss-reactive ketones (excluding diaryl/α,β-unsaturated/α-hetero) is 1. The lowest BCUT2D eigenvalue weighted by Crippen LogP contribution is -2.21. The molecule has 1 aromatic carbocycles. The van der Waals surface area contributed by atoms with E-state index >= 15 is 0 Å². The highest BCUT2D eigenvalue weighted by atomic mass is 16.4. The van der Waals surface area contributed by atoms with Gasteiger partial charge in [0.05, 0.1) is 11.1 Å². The normalized spacial score (nSPS) is 17.0. The maximum Gasteiger partial charge on any atom is 0.332 e. The van der Waals surface area contributed by atoms with Gasteiger partial charge in [-0.15, -0.1) is 0 Å². The molecule has 0 spiro atoms. The van der Waals surface area contributed by atoms with E-state index in [0.29, 0.717) is 18.4 Å². The fourth-order valence-corrected chi connectivity index (χ4v) is 3.58. The smallest absolute Gasteiger partial charge is 0.332 e. The van der Waals surface area contributed by atoms with Gasteiger partial charge in [-0.25, -0.2) is 9.59 Å². The molecule has 0 aromatic heterocycles. The second-order valence-electron chi connectivity index (χ2n) is 7.01. The van der Waals surface area contributed by atoms with Crippen LogP contribution in [0.2, 0.25) is 0 Å². The van der Waals surface area contributed by atoms with Gasteiger partial charge in [0.15, 0.2) is 5.78 Å². The average Bonchev–Trinajstić information content (AvgIpc) is 2.55. The van der Waals surface area contributed by atoms with Gasteiger partial charge in [-0.1, -0.05) is 61.9 Å². The van der Waals surface area contributed by atoms with Crippen molar-refractivity contribution < 1.29 is 24.6 Å². The molecule has 140 valence electrons. The monoisotopic (exact) mass is 358 g/mol. The van der Waals surface area contributed by atoms with E-state index < -0.39 is 18.4 Å². The van der Waals surface area contributed by atoms with Gasteiger partial charge in [-0.3, -0.25) is 4.79 Å². The zero-order valence-corrected chi connectivity index (χ0v) is 15.2. The summed E-state index contributed by atoms with van der Waals surface area (Å²) in [5.74, 6) is -3.20. The molecule has 1 aromatic rings. The molecule has 0 heterocycles. The summed E-state index contributed by atoms with van der Waals surface area (Å²) in [7, 11) is 0. The van der Waals surface area contributed by atoms with E-state index in [1.165, 1.54) is 0 Å². The summed E-state index contributed by atoms with van der Waals surface area (Å²) in [6, 6.07) is 6.86. The molecule has 0 saturated heterocycles. The highest BCUT2D eigenvalue weighted by Crippen LogP contribution is 2.31. The van der Waals surface area contributed by atoms with Crippen LogP contribution in [0.1, 0.15) is 67.3 Å². The average molecular weight is 358 g/mol. The molecule has 0 atom stereocenters. The largest absolute Gasteiger partial charge is 0.478 e. The Hall–Kier alpha value is -2.43. The molecule has 26 heavy (non-hydrogen) atoms. The van der Waals surface area contributed by atoms with Crippen molar-refractivity contribution in [2.24, 2.45) is 5.92 Å². The zero-order chi connectivity index (χ0) is 19.1. The number of carboxylic acid groups (broad SMARTS) is 2. The third-order valence-corrected chi connectivity index (χ3v) is 5.04. The molecule has 5 nitrogen and oxygen atoms in total. The van der Waals surface area contributed by atoms with E-state index in [1.807, 2.05) is 6.92 Å². The van der Waals surface area contributed by atoms with Crippen molar-refractivity contribution in [2.75, 3.05) is 0 Å². The summed E-state index contributed by atoms with van der Waals surface area (Å²) >= 11 is 0. The van der Waals surface area contributed by atoms with Crippen LogP contribution in [0.15, 0.2) is 35.4 Å². The number of carbonyl (C=O) groups is 3. The standard InChI is InChI=1S/C21H26O5/c1-14-9-11-15(12-10-14)18(22)13-17(20(23)24)19(21(25)26)16-7-5-3-2-4-6-8-16/h9-12,16H,2-8,13H2,1H3,(H,23,24)(H,25,26)/b19-17+. The minimum Gasteiger partial charge on any atom is -0.478 e. The van der Waals surface area contributed by atoms with Crippen LogP contribution in [0.3, 0.4) is 0 Å². The molecule has 0 unspecified atom stereocenters. The predicted molar refractivity (Wildman–Crippen MR) is 98.2 cm³/mol. The summed E-state index contributed by atoms with van der Waals surface area (Å²) in [5.41, 5.74) is 1.04. The molecule has 0 radical (unpaired) electrons. The van der Waals surface area contributed by atoms with Gasteiger partial charge in [0, 0.05) is 12.0 Å². The number of aliphatic carboxylic acids is 2. The first-order valence-electron chi connectivity index (χ1n) is 9.19. The van der Waals surface area contributed by atoms with E-state index in [0.717, 1.165) is 37.7 Å². The van der Waals surface area contributed by atoms with Crippen molar-refractivity contribution in [2.45, 2.75) is 58.3 Å². The van der Waals surface area contributed by atoms with E-state index in [2.05, 4.69) is 0 Å². The molecular weight excluding hydrogens is 332 g/mol. The highest BCUT2D eigenvalue weighted by Gasteiger charge is 2.29. The second-order valence-corrected chi connectivity index (χ2v) is 7.01. The summed E-state index contributed by atoms with van der Waals surface area (Å²) in [5, 5.41) is 19.3. The summed E-state index contributed by atoms with van der Waals surface area (Å²) in [6.45, 7) is 1.90. The van der Waals surface area contributed by atoms with E-state index in [9.17, 15) is 24.6 Å². The van der Waals surface area contributed by atoms with Crippen LogP contribution in [0.5, 0.6) is 0 Å². The molecule has 1 aliphatic rings. The SMILES string of the molecule is Cc1ccc(C(=O)C/C(C(=O)O)=C(\C(=O)O)C2CCCCCCC2)cc1. The second kappa shape index (κ2) is 9.32. The van der Waals surface area contributed by atoms with Crippen LogP contribution in [-0.4, -0.2) is 27.9 Å².